The summed E-state index contributed by atoms with van der Waals surface area (Å²) in [7, 11) is 0. The molecule has 0 aromatic carbocycles. The van der Waals surface area contributed by atoms with Crippen LogP contribution in [0.1, 0.15) is 0 Å². The summed E-state index contributed by atoms with van der Waals surface area (Å²) in [4.78, 5) is 0. The normalized spacial score (nSPS) is 1.75. The Balaban J connectivity index is -0.00000000821. The quantitative estimate of drug-likeness (QED) is 0.418. The molecule has 0 saturated carbocycles. The minimum Gasteiger partial charge on any atom is -0.696 e. The van der Waals surface area contributed by atoms with Gasteiger partial charge in [0.25, 0.3) is 0 Å². The van der Waals surface area contributed by atoms with Gasteiger partial charge in [-0.25, -0.2) is 21.0 Å². The number of nitrogens with zero attached hydrogens (tertiary/aromatic N) is 4. The van der Waals surface area contributed by atoms with E-state index in [0.29, 0.717) is 0 Å². The van der Waals surface area contributed by atoms with Gasteiger partial charge in [-0.05, 0) is 0 Å². The standard InChI is InChI=1S/4CHNS.Cr.3H3N/c4*2-1-3;;;;/h4*3H;;3*1H3/q;;;;+3;;;/p-3. The maximum Gasteiger partial charge on any atom is 3.00 e. The van der Waals surface area contributed by atoms with Crippen LogP contribution >= 0.6 is 0 Å². The van der Waals surface area contributed by atoms with Gasteiger partial charge in [-0.15, -0.1) is 0 Å². The first kappa shape index (κ1) is 58.9. The molecule has 0 atom stereocenters. The first-order valence-electron chi connectivity index (χ1n) is 1.71. The second kappa shape index (κ2) is 237. The third kappa shape index (κ3) is 3560. The van der Waals surface area contributed by atoms with Gasteiger partial charge in [0.1, 0.15) is 0 Å². The Labute approximate surface area is 128 Å². The van der Waals surface area contributed by atoms with Crippen molar-refractivity contribution in [2.24, 2.45) is 0 Å². The molecule has 91 valence electrons. The Morgan fingerprint density at radius 3 is 0.562 bits per heavy atom. The fraction of sp³-hybridized carbons (Fsp3) is 0. The van der Waals surface area contributed by atoms with E-state index in [1.54, 1.807) is 0 Å². The number of hydrogen-bond acceptors (Lipinski definition) is 10. The van der Waals surface area contributed by atoms with Gasteiger partial charge in [0.2, 0.25) is 0 Å². The van der Waals surface area contributed by atoms with Crippen molar-refractivity contribution in [1.29, 1.82) is 21.0 Å². The summed E-state index contributed by atoms with van der Waals surface area (Å²) in [5.41, 5.74) is 0. The molecule has 0 aliphatic carbocycles. The second-order valence-corrected chi connectivity index (χ2v) is 1.10. The fourth-order valence-electron chi connectivity index (χ4n) is 0. The fourth-order valence-corrected chi connectivity index (χ4v) is 0. The molecule has 0 aromatic heterocycles. The van der Waals surface area contributed by atoms with Crippen LogP contribution in [0.3, 0.4) is 0 Å². The molecule has 0 aromatic rings. The predicted molar refractivity (Wildman–Crippen MR) is 67.9 cm³/mol. The van der Waals surface area contributed by atoms with Crippen molar-refractivity contribution in [2.45, 2.75) is 0 Å². The van der Waals surface area contributed by atoms with E-state index in [4.69, 9.17) is 21.0 Å². The zero-order valence-electron chi connectivity index (χ0n) is 8.24. The van der Waals surface area contributed by atoms with Crippen molar-refractivity contribution in [3.05, 3.63) is 0 Å². The molecule has 7 nitrogen and oxygen atoms in total. The Kier molecular flexibility index (Phi) is 871. The van der Waals surface area contributed by atoms with E-state index in [2.05, 4.69) is 50.5 Å². The van der Waals surface area contributed by atoms with Crippen molar-refractivity contribution in [3.8, 4) is 21.6 Å². The van der Waals surface area contributed by atoms with E-state index < -0.39 is 0 Å². The zero-order chi connectivity index (χ0) is 10.8. The van der Waals surface area contributed by atoms with Crippen LogP contribution in [0.2, 0.25) is 0 Å². The number of thiocyanates is 4. The summed E-state index contributed by atoms with van der Waals surface area (Å²) in [5.74, 6) is 0. The molecule has 0 aliphatic heterocycles. The third-order valence-electron chi connectivity index (χ3n) is 0. The first-order chi connectivity index (χ1) is 5.66. The molecule has 0 fully saturated rings. The van der Waals surface area contributed by atoms with Crippen molar-refractivity contribution in [2.75, 3.05) is 0 Å². The van der Waals surface area contributed by atoms with Gasteiger partial charge >= 0.3 is 17.4 Å². The van der Waals surface area contributed by atoms with Gasteiger partial charge in [0.15, 0.2) is 0 Å². The van der Waals surface area contributed by atoms with Crippen molar-refractivity contribution in [3.63, 3.8) is 0 Å². The molecule has 16 heavy (non-hydrogen) atoms. The van der Waals surface area contributed by atoms with Gasteiger partial charge in [-0.1, -0.05) is 21.6 Å². The summed E-state index contributed by atoms with van der Waals surface area (Å²) >= 11 is 14.8. The largest absolute Gasteiger partial charge is 3.00 e. The maximum absolute atomic E-state index is 7.13. The molecule has 0 heterocycles. The van der Waals surface area contributed by atoms with Crippen molar-refractivity contribution < 1.29 is 17.4 Å². The van der Waals surface area contributed by atoms with Gasteiger partial charge in [-0.2, -0.15) is 0 Å². The summed E-state index contributed by atoms with van der Waals surface area (Å²) < 4.78 is 0. The Morgan fingerprint density at radius 2 is 0.562 bits per heavy atom. The van der Waals surface area contributed by atoms with Crippen LogP contribution in [-0.4, -0.2) is 0 Å². The van der Waals surface area contributed by atoms with E-state index in [9.17, 15) is 0 Å². The zero-order valence-corrected chi connectivity index (χ0v) is 12.8. The van der Waals surface area contributed by atoms with Crippen LogP contribution < -0.4 is 18.5 Å². The van der Waals surface area contributed by atoms with E-state index in [-0.39, 0.29) is 35.8 Å². The number of rotatable bonds is 0. The van der Waals surface area contributed by atoms with Crippen LogP contribution in [0.5, 0.6) is 0 Å². The Hall–Kier alpha value is -0.748. The minimum atomic E-state index is 0. The predicted octanol–water partition coefficient (Wildman–Crippen LogP) is 0.755. The molecule has 0 rings (SSSR count). The summed E-state index contributed by atoms with van der Waals surface area (Å²) in [5, 5.41) is 33.9. The average Bonchev–Trinajstić information content (AvgIpc) is 1.92. The SMILES string of the molecule is N.N.N#C[S-].N#C[S-].N#C[S-].N#C[S-].[Cr+3].[NH4+]. The van der Waals surface area contributed by atoms with Crippen molar-refractivity contribution >= 4 is 50.5 Å². The topological polar surface area (TPSA) is 202 Å². The molecular formula is C4H10CrN7S4. The molecule has 10 N–H and O–H groups in total. The van der Waals surface area contributed by atoms with Gasteiger partial charge in [-0.3, -0.25) is 0 Å². The third-order valence-corrected chi connectivity index (χ3v) is 0. The maximum atomic E-state index is 7.13. The molecule has 0 amide bonds. The minimum absolute atomic E-state index is 0. The second-order valence-electron chi connectivity index (χ2n) is 0.365. The monoisotopic (exact) mass is 336 g/mol. The molecule has 0 spiro atoms. The van der Waals surface area contributed by atoms with Gasteiger partial charge in [0.05, 0.1) is 0 Å². The molecule has 1 radical (unpaired) electrons. The van der Waals surface area contributed by atoms with Crippen LogP contribution in [0.25, 0.3) is 0 Å². The van der Waals surface area contributed by atoms with Crippen LogP contribution in [0.4, 0.5) is 0 Å². The van der Waals surface area contributed by atoms with E-state index in [1.165, 1.54) is 21.6 Å². The summed E-state index contributed by atoms with van der Waals surface area (Å²) in [6.07, 6.45) is 0. The Bertz CT molecular complexity index is 162. The van der Waals surface area contributed by atoms with Gasteiger partial charge in [0, 0.05) is 0 Å². The first-order valence-corrected chi connectivity index (χ1v) is 3.34. The Morgan fingerprint density at radius 1 is 0.562 bits per heavy atom. The van der Waals surface area contributed by atoms with Crippen LogP contribution in [0.15, 0.2) is 0 Å². The van der Waals surface area contributed by atoms with E-state index in [1.807, 2.05) is 0 Å². The molecule has 12 heteroatoms. The number of nitriles is 4. The summed E-state index contributed by atoms with van der Waals surface area (Å²) in [6, 6.07) is 0. The molecule has 0 bridgehead atoms. The van der Waals surface area contributed by atoms with E-state index in [0.717, 1.165) is 0 Å². The molecule has 0 saturated heterocycles. The average molecular weight is 336 g/mol. The van der Waals surface area contributed by atoms with Gasteiger partial charge < -0.3 is 69.0 Å². The summed E-state index contributed by atoms with van der Waals surface area (Å²) in [6.45, 7) is 0. The number of hydrogen-bond donors (Lipinski definition) is 3. The smallest absolute Gasteiger partial charge is 0.696 e. The van der Waals surface area contributed by atoms with Crippen LogP contribution in [0, 0.1) is 42.7 Å². The van der Waals surface area contributed by atoms with Crippen molar-refractivity contribution in [1.82, 2.24) is 18.5 Å². The molecule has 0 unspecified atom stereocenters. The molecule has 0 aliphatic rings. The number of quaternary nitrogens is 1. The molecular weight excluding hydrogens is 326 g/mol. The van der Waals surface area contributed by atoms with Crippen LogP contribution in [-0.2, 0) is 67.9 Å². The van der Waals surface area contributed by atoms with E-state index >= 15 is 0 Å².